The quantitative estimate of drug-likeness (QED) is 0.741. The van der Waals surface area contributed by atoms with Crippen LogP contribution in [0.15, 0.2) is 24.3 Å². The lowest BCUT2D eigenvalue weighted by atomic mass is 10.2. The molecule has 2 rings (SSSR count). The minimum Gasteiger partial charge on any atom is -0.302 e. The second-order valence-electron chi connectivity index (χ2n) is 3.89. The van der Waals surface area contributed by atoms with Gasteiger partial charge in [-0.2, -0.15) is 12.7 Å². The van der Waals surface area contributed by atoms with E-state index in [-0.39, 0.29) is 6.54 Å². The molecule has 0 N–H and O–H groups in total. The molecule has 0 aromatic heterocycles. The summed E-state index contributed by atoms with van der Waals surface area (Å²) in [7, 11) is -3.53. The topological polar surface area (TPSA) is 57.7 Å². The van der Waals surface area contributed by atoms with Gasteiger partial charge < -0.3 is 4.79 Å². The Kier molecular flexibility index (Phi) is 3.17. The lowest BCUT2D eigenvalue weighted by molar-refractivity contribution is -0.108. The van der Waals surface area contributed by atoms with Crippen molar-refractivity contribution < 1.29 is 13.2 Å². The fourth-order valence-corrected chi connectivity index (χ4v) is 3.54. The molecular weight excluding hydrogens is 240 g/mol. The van der Waals surface area contributed by atoms with Gasteiger partial charge in [0, 0.05) is 13.1 Å². The van der Waals surface area contributed by atoms with Crippen LogP contribution in [-0.4, -0.2) is 38.6 Å². The Morgan fingerprint density at radius 2 is 2.00 bits per heavy atom. The van der Waals surface area contributed by atoms with Crippen molar-refractivity contribution in [1.29, 1.82) is 0 Å². The van der Waals surface area contributed by atoms with Crippen LogP contribution in [-0.2, 0) is 15.0 Å². The largest absolute Gasteiger partial charge is 0.304 e. The van der Waals surface area contributed by atoms with E-state index in [2.05, 4.69) is 0 Å². The lowest BCUT2D eigenvalue weighted by Gasteiger charge is -2.20. The number of anilines is 1. The molecule has 0 amide bonds. The van der Waals surface area contributed by atoms with E-state index < -0.39 is 10.2 Å². The summed E-state index contributed by atoms with van der Waals surface area (Å²) in [6, 6.07) is 7.31. The Hall–Kier alpha value is -1.40. The molecular formula is C11H14N2O3S. The highest BCUT2D eigenvalue weighted by molar-refractivity contribution is 7.90. The number of aldehydes is 1. The first-order valence-corrected chi connectivity index (χ1v) is 6.74. The molecule has 1 aliphatic rings. The second-order valence-corrected chi connectivity index (χ2v) is 5.74. The van der Waals surface area contributed by atoms with E-state index >= 15 is 0 Å². The highest BCUT2D eigenvalue weighted by atomic mass is 32.2. The molecule has 92 valence electrons. The van der Waals surface area contributed by atoms with Crippen LogP contribution in [0.1, 0.15) is 5.56 Å². The molecule has 0 atom stereocenters. The third kappa shape index (κ3) is 2.05. The highest BCUT2D eigenvalue weighted by Gasteiger charge is 2.36. The van der Waals surface area contributed by atoms with Crippen molar-refractivity contribution >= 4 is 22.2 Å². The Labute approximate surface area is 101 Å². The van der Waals surface area contributed by atoms with Gasteiger partial charge in [-0.3, -0.25) is 4.31 Å². The van der Waals surface area contributed by atoms with E-state index in [0.29, 0.717) is 25.1 Å². The average Bonchev–Trinajstić information content (AvgIpc) is 2.57. The van der Waals surface area contributed by atoms with Crippen molar-refractivity contribution in [1.82, 2.24) is 4.31 Å². The van der Waals surface area contributed by atoms with Crippen LogP contribution in [0, 0.1) is 6.92 Å². The van der Waals surface area contributed by atoms with Crippen molar-refractivity contribution in [3.63, 3.8) is 0 Å². The third-order valence-corrected chi connectivity index (χ3v) is 4.74. The zero-order valence-electron chi connectivity index (χ0n) is 9.54. The summed E-state index contributed by atoms with van der Waals surface area (Å²) < 4.78 is 26.8. The predicted octanol–water partition coefficient (Wildman–Crippen LogP) is 0.561. The number of aryl methyl sites for hydroxylation is 1. The standard InChI is InChI=1S/C11H14N2O3S/c1-10-4-2-3-5-11(10)13-7-6-12(8-9-14)17(13,15)16/h2-5,9H,6-8H2,1H3. The number of benzene rings is 1. The van der Waals surface area contributed by atoms with Crippen LogP contribution < -0.4 is 4.31 Å². The predicted molar refractivity (Wildman–Crippen MR) is 65.1 cm³/mol. The molecule has 6 heteroatoms. The second kappa shape index (κ2) is 4.46. The molecule has 1 aromatic carbocycles. The van der Waals surface area contributed by atoms with Gasteiger partial charge >= 0.3 is 10.2 Å². The average molecular weight is 254 g/mol. The molecule has 0 spiro atoms. The van der Waals surface area contributed by atoms with E-state index in [1.54, 1.807) is 12.1 Å². The van der Waals surface area contributed by atoms with Crippen LogP contribution in [0.25, 0.3) is 0 Å². The molecule has 1 saturated heterocycles. The van der Waals surface area contributed by atoms with Crippen molar-refractivity contribution in [3.05, 3.63) is 29.8 Å². The molecule has 0 bridgehead atoms. The first-order chi connectivity index (χ1) is 8.07. The van der Waals surface area contributed by atoms with E-state index in [9.17, 15) is 13.2 Å². The number of hydrogen-bond acceptors (Lipinski definition) is 3. The fraction of sp³-hybridized carbons (Fsp3) is 0.364. The number of carbonyl (C=O) groups is 1. The van der Waals surface area contributed by atoms with Crippen LogP contribution in [0.4, 0.5) is 5.69 Å². The van der Waals surface area contributed by atoms with Gasteiger partial charge in [0.05, 0.1) is 12.2 Å². The van der Waals surface area contributed by atoms with E-state index in [1.165, 1.54) is 8.61 Å². The molecule has 1 aliphatic heterocycles. The molecule has 1 fully saturated rings. The third-order valence-electron chi connectivity index (χ3n) is 2.82. The van der Waals surface area contributed by atoms with Crippen molar-refractivity contribution in [2.45, 2.75) is 6.92 Å². The summed E-state index contributed by atoms with van der Waals surface area (Å²) >= 11 is 0. The Morgan fingerprint density at radius 3 is 2.65 bits per heavy atom. The Balaban J connectivity index is 2.37. The lowest BCUT2D eigenvalue weighted by Crippen LogP contribution is -2.34. The maximum atomic E-state index is 12.1. The van der Waals surface area contributed by atoms with E-state index in [0.717, 1.165) is 5.56 Å². The van der Waals surface area contributed by atoms with Crippen LogP contribution in [0.3, 0.4) is 0 Å². The summed E-state index contributed by atoms with van der Waals surface area (Å²) in [6.45, 7) is 2.54. The molecule has 1 heterocycles. The molecule has 17 heavy (non-hydrogen) atoms. The SMILES string of the molecule is Cc1ccccc1N1CCN(CC=O)S1(=O)=O. The zero-order valence-corrected chi connectivity index (χ0v) is 10.4. The van der Waals surface area contributed by atoms with Gasteiger partial charge in [0.25, 0.3) is 0 Å². The summed E-state index contributed by atoms with van der Waals surface area (Å²) in [5.74, 6) is 0. The number of para-hydroxylation sites is 1. The van der Waals surface area contributed by atoms with E-state index in [4.69, 9.17) is 0 Å². The van der Waals surface area contributed by atoms with Gasteiger partial charge in [-0.25, -0.2) is 0 Å². The number of rotatable bonds is 3. The highest BCUT2D eigenvalue weighted by Crippen LogP contribution is 2.27. The Morgan fingerprint density at radius 1 is 1.29 bits per heavy atom. The fourth-order valence-electron chi connectivity index (χ4n) is 1.93. The van der Waals surface area contributed by atoms with Gasteiger partial charge in [-0.15, -0.1) is 0 Å². The van der Waals surface area contributed by atoms with Gasteiger partial charge in [0.15, 0.2) is 0 Å². The van der Waals surface area contributed by atoms with Crippen molar-refractivity contribution in [2.75, 3.05) is 23.9 Å². The smallest absolute Gasteiger partial charge is 0.302 e. The number of hydrogen-bond donors (Lipinski definition) is 0. The monoisotopic (exact) mass is 254 g/mol. The minimum absolute atomic E-state index is 0.0787. The molecule has 0 aliphatic carbocycles. The minimum atomic E-state index is -3.53. The van der Waals surface area contributed by atoms with Crippen molar-refractivity contribution in [3.8, 4) is 0 Å². The van der Waals surface area contributed by atoms with Gasteiger partial charge in [-0.05, 0) is 18.6 Å². The number of nitrogens with zero attached hydrogens (tertiary/aromatic N) is 2. The van der Waals surface area contributed by atoms with E-state index in [1.807, 2.05) is 19.1 Å². The van der Waals surface area contributed by atoms with Gasteiger partial charge in [0.1, 0.15) is 6.29 Å². The maximum absolute atomic E-state index is 12.1. The molecule has 5 nitrogen and oxygen atoms in total. The van der Waals surface area contributed by atoms with Gasteiger partial charge in [0.2, 0.25) is 0 Å². The normalized spacial score (nSPS) is 19.5. The summed E-state index contributed by atoms with van der Waals surface area (Å²) in [5, 5.41) is 0. The first kappa shape index (κ1) is 12.1. The van der Waals surface area contributed by atoms with Crippen LogP contribution in [0.2, 0.25) is 0 Å². The molecule has 1 aromatic rings. The van der Waals surface area contributed by atoms with Crippen LogP contribution >= 0.6 is 0 Å². The molecule has 0 unspecified atom stereocenters. The molecule has 0 saturated carbocycles. The Bertz CT molecular complexity index is 527. The van der Waals surface area contributed by atoms with Gasteiger partial charge in [-0.1, -0.05) is 18.2 Å². The zero-order chi connectivity index (χ0) is 12.5. The number of carbonyl (C=O) groups excluding carboxylic acids is 1. The molecule has 0 radical (unpaired) electrons. The van der Waals surface area contributed by atoms with Crippen molar-refractivity contribution in [2.24, 2.45) is 0 Å². The maximum Gasteiger partial charge on any atom is 0.304 e. The summed E-state index contributed by atoms with van der Waals surface area (Å²) in [6.07, 6.45) is 0.610. The first-order valence-electron chi connectivity index (χ1n) is 5.34. The summed E-state index contributed by atoms with van der Waals surface area (Å²) in [4.78, 5) is 10.4. The summed E-state index contributed by atoms with van der Waals surface area (Å²) in [5.41, 5.74) is 1.59. The van der Waals surface area contributed by atoms with Crippen LogP contribution in [0.5, 0.6) is 0 Å².